The van der Waals surface area contributed by atoms with Gasteiger partial charge in [-0.15, -0.1) is 0 Å². The summed E-state index contributed by atoms with van der Waals surface area (Å²) in [5.74, 6) is 0.859. The van der Waals surface area contributed by atoms with Crippen molar-refractivity contribution in [2.45, 2.75) is 25.5 Å². The summed E-state index contributed by atoms with van der Waals surface area (Å²) in [5, 5.41) is 9.91. The summed E-state index contributed by atoms with van der Waals surface area (Å²) in [6, 6.07) is 7.95. The van der Waals surface area contributed by atoms with Crippen LogP contribution in [0.3, 0.4) is 0 Å². The quantitative estimate of drug-likeness (QED) is 0.846. The fourth-order valence-corrected chi connectivity index (χ4v) is 1.85. The van der Waals surface area contributed by atoms with Crippen LogP contribution in [0.25, 0.3) is 0 Å². The maximum Gasteiger partial charge on any atom is 0.118 e. The first-order chi connectivity index (χ1) is 8.78. The molecule has 0 aliphatic carbocycles. The van der Waals surface area contributed by atoms with Crippen molar-refractivity contribution in [3.63, 3.8) is 0 Å². The van der Waals surface area contributed by atoms with Crippen molar-refractivity contribution < 1.29 is 9.84 Å². The van der Waals surface area contributed by atoms with Crippen LogP contribution in [-0.4, -0.2) is 27.9 Å². The number of methoxy groups -OCH3 is 1. The van der Waals surface area contributed by atoms with Gasteiger partial charge in [-0.3, -0.25) is 0 Å². The zero-order chi connectivity index (χ0) is 12.8. The van der Waals surface area contributed by atoms with Crippen LogP contribution in [0.5, 0.6) is 5.75 Å². The van der Waals surface area contributed by atoms with Gasteiger partial charge in [0.2, 0.25) is 0 Å². The monoisotopic (exact) mass is 246 g/mol. The Bertz CT molecular complexity index is 451. The summed E-state index contributed by atoms with van der Waals surface area (Å²) in [5.41, 5.74) is 1.21. The summed E-state index contributed by atoms with van der Waals surface area (Å²) in [4.78, 5) is 3.95. The highest BCUT2D eigenvalue weighted by Gasteiger charge is 2.05. The zero-order valence-electron chi connectivity index (χ0n) is 10.5. The molecule has 96 valence electrons. The average molecular weight is 246 g/mol. The van der Waals surface area contributed by atoms with Crippen molar-refractivity contribution in [2.75, 3.05) is 7.11 Å². The van der Waals surface area contributed by atoms with E-state index in [1.54, 1.807) is 19.6 Å². The van der Waals surface area contributed by atoms with Crippen LogP contribution in [-0.2, 0) is 13.0 Å². The van der Waals surface area contributed by atoms with Crippen molar-refractivity contribution in [1.82, 2.24) is 9.55 Å². The number of ether oxygens (including phenoxy) is 1. The van der Waals surface area contributed by atoms with Gasteiger partial charge in [-0.25, -0.2) is 4.98 Å². The minimum absolute atomic E-state index is 0.346. The van der Waals surface area contributed by atoms with Crippen LogP contribution in [0.2, 0.25) is 0 Å². The molecule has 0 fully saturated rings. The molecular weight excluding hydrogens is 228 g/mol. The number of hydrogen-bond donors (Lipinski definition) is 1. The molecule has 0 spiro atoms. The smallest absolute Gasteiger partial charge is 0.118 e. The van der Waals surface area contributed by atoms with E-state index in [9.17, 15) is 5.11 Å². The van der Waals surface area contributed by atoms with Gasteiger partial charge < -0.3 is 14.4 Å². The lowest BCUT2D eigenvalue weighted by Crippen LogP contribution is -2.15. The van der Waals surface area contributed by atoms with E-state index in [2.05, 4.69) is 4.98 Å². The molecule has 1 atom stereocenters. The molecule has 0 saturated heterocycles. The Morgan fingerprint density at radius 1 is 1.33 bits per heavy atom. The van der Waals surface area contributed by atoms with Gasteiger partial charge in [0.15, 0.2) is 0 Å². The summed E-state index contributed by atoms with van der Waals surface area (Å²) >= 11 is 0. The Kier molecular flexibility index (Phi) is 4.36. The molecule has 0 aliphatic heterocycles. The largest absolute Gasteiger partial charge is 0.497 e. The number of aromatic nitrogens is 2. The Hall–Kier alpha value is -1.81. The second kappa shape index (κ2) is 6.21. The van der Waals surface area contributed by atoms with Gasteiger partial charge in [0, 0.05) is 18.9 Å². The third kappa shape index (κ3) is 3.60. The predicted molar refractivity (Wildman–Crippen MR) is 69.5 cm³/mol. The summed E-state index contributed by atoms with van der Waals surface area (Å²) in [7, 11) is 1.66. The molecule has 4 nitrogen and oxygen atoms in total. The van der Waals surface area contributed by atoms with E-state index in [1.807, 2.05) is 35.0 Å². The summed E-state index contributed by atoms with van der Waals surface area (Å²) in [6.45, 7) is 0.593. The van der Waals surface area contributed by atoms with Crippen LogP contribution in [0.4, 0.5) is 0 Å². The van der Waals surface area contributed by atoms with Crippen molar-refractivity contribution >= 4 is 0 Å². The zero-order valence-corrected chi connectivity index (χ0v) is 10.5. The van der Waals surface area contributed by atoms with Crippen LogP contribution >= 0.6 is 0 Å². The van der Waals surface area contributed by atoms with Gasteiger partial charge in [0.1, 0.15) is 5.75 Å². The molecule has 2 rings (SSSR count). The highest BCUT2D eigenvalue weighted by atomic mass is 16.5. The molecule has 0 saturated carbocycles. The van der Waals surface area contributed by atoms with E-state index < -0.39 is 0 Å². The van der Waals surface area contributed by atoms with Crippen molar-refractivity contribution in [3.05, 3.63) is 48.5 Å². The van der Waals surface area contributed by atoms with Crippen LogP contribution < -0.4 is 4.74 Å². The number of rotatable bonds is 6. The summed E-state index contributed by atoms with van der Waals surface area (Å²) in [6.07, 6.45) is 6.55. The van der Waals surface area contributed by atoms with E-state index >= 15 is 0 Å². The first-order valence-electron chi connectivity index (χ1n) is 6.04. The number of benzene rings is 1. The molecule has 2 aromatic rings. The molecule has 1 aromatic carbocycles. The molecule has 0 bridgehead atoms. The van der Waals surface area contributed by atoms with Gasteiger partial charge in [0.05, 0.1) is 19.5 Å². The molecule has 0 aliphatic rings. The highest BCUT2D eigenvalue weighted by molar-refractivity contribution is 5.27. The van der Waals surface area contributed by atoms with Gasteiger partial charge >= 0.3 is 0 Å². The minimum atomic E-state index is -0.346. The number of aliphatic hydroxyl groups is 1. The number of imidazole rings is 1. The first kappa shape index (κ1) is 12.6. The highest BCUT2D eigenvalue weighted by Crippen LogP contribution is 2.13. The van der Waals surface area contributed by atoms with Crippen molar-refractivity contribution in [3.8, 4) is 5.75 Å². The third-order valence-electron chi connectivity index (χ3n) is 2.91. The van der Waals surface area contributed by atoms with E-state index in [4.69, 9.17) is 4.74 Å². The lowest BCUT2D eigenvalue weighted by Gasteiger charge is -2.11. The maximum absolute atomic E-state index is 9.91. The number of nitrogens with zero attached hydrogens (tertiary/aromatic N) is 2. The minimum Gasteiger partial charge on any atom is -0.497 e. The topological polar surface area (TPSA) is 47.3 Å². The molecule has 1 heterocycles. The van der Waals surface area contributed by atoms with Crippen molar-refractivity contribution in [1.29, 1.82) is 0 Å². The number of aliphatic hydroxyl groups excluding tert-OH is 1. The Balaban J connectivity index is 1.79. The average Bonchev–Trinajstić information content (AvgIpc) is 2.90. The molecule has 18 heavy (non-hydrogen) atoms. The second-order valence-electron chi connectivity index (χ2n) is 4.30. The van der Waals surface area contributed by atoms with E-state index in [0.29, 0.717) is 6.54 Å². The van der Waals surface area contributed by atoms with Crippen molar-refractivity contribution in [2.24, 2.45) is 0 Å². The molecular formula is C14H18N2O2. The number of hydrogen-bond acceptors (Lipinski definition) is 3. The van der Waals surface area contributed by atoms with E-state index in [-0.39, 0.29) is 6.10 Å². The Labute approximate surface area is 107 Å². The first-order valence-corrected chi connectivity index (χ1v) is 6.04. The Morgan fingerprint density at radius 2 is 2.11 bits per heavy atom. The standard InChI is InChI=1S/C14H18N2O2/c1-18-14-6-3-12(4-7-14)2-5-13(17)10-16-9-8-15-11-16/h3-4,6-9,11,13,17H,2,5,10H2,1H3. The Morgan fingerprint density at radius 3 is 2.72 bits per heavy atom. The van der Waals surface area contributed by atoms with Crippen LogP contribution in [0.15, 0.2) is 43.0 Å². The van der Waals surface area contributed by atoms with Gasteiger partial charge in [-0.1, -0.05) is 12.1 Å². The predicted octanol–water partition coefficient (Wildman–Crippen LogP) is 1.89. The van der Waals surface area contributed by atoms with Crippen LogP contribution in [0.1, 0.15) is 12.0 Å². The maximum atomic E-state index is 9.91. The summed E-state index contributed by atoms with van der Waals surface area (Å²) < 4.78 is 6.99. The molecule has 1 N–H and O–H groups in total. The fourth-order valence-electron chi connectivity index (χ4n) is 1.85. The van der Waals surface area contributed by atoms with E-state index in [1.165, 1.54) is 5.56 Å². The third-order valence-corrected chi connectivity index (χ3v) is 2.91. The van der Waals surface area contributed by atoms with Crippen LogP contribution in [0, 0.1) is 0 Å². The lowest BCUT2D eigenvalue weighted by atomic mass is 10.1. The lowest BCUT2D eigenvalue weighted by molar-refractivity contribution is 0.144. The molecule has 0 amide bonds. The fraction of sp³-hybridized carbons (Fsp3) is 0.357. The van der Waals surface area contributed by atoms with Gasteiger partial charge in [0.25, 0.3) is 0 Å². The number of aryl methyl sites for hydroxylation is 1. The van der Waals surface area contributed by atoms with Gasteiger partial charge in [-0.2, -0.15) is 0 Å². The second-order valence-corrected chi connectivity index (χ2v) is 4.30. The SMILES string of the molecule is COc1ccc(CCC(O)Cn2ccnc2)cc1. The molecule has 4 heteroatoms. The molecule has 0 radical (unpaired) electrons. The molecule has 1 aromatic heterocycles. The van der Waals surface area contributed by atoms with E-state index in [0.717, 1.165) is 18.6 Å². The van der Waals surface area contributed by atoms with Gasteiger partial charge in [-0.05, 0) is 30.5 Å². The molecule has 1 unspecified atom stereocenters. The normalized spacial score (nSPS) is 12.3.